The van der Waals surface area contributed by atoms with Gasteiger partial charge in [-0.3, -0.25) is 9.36 Å². The molecule has 0 saturated heterocycles. The lowest BCUT2D eigenvalue weighted by Crippen LogP contribution is -2.35. The number of benzene rings is 4. The van der Waals surface area contributed by atoms with Gasteiger partial charge in [-0.2, -0.15) is 0 Å². The first-order chi connectivity index (χ1) is 18.3. The molecule has 38 heavy (non-hydrogen) atoms. The predicted octanol–water partition coefficient (Wildman–Crippen LogP) is 4.67. The highest BCUT2D eigenvalue weighted by Crippen LogP contribution is 2.39. The molecule has 0 bridgehead atoms. The van der Waals surface area contributed by atoms with Crippen molar-refractivity contribution in [2.24, 2.45) is 5.73 Å². The molecule has 0 spiro atoms. The zero-order valence-corrected chi connectivity index (χ0v) is 20.1. The second-order valence-corrected chi connectivity index (χ2v) is 9.16. The third-order valence-electron chi connectivity index (χ3n) is 6.72. The summed E-state index contributed by atoms with van der Waals surface area (Å²) in [5, 5.41) is 27.4. The average molecular weight is 510 g/mol. The fourth-order valence-electron chi connectivity index (χ4n) is 5.04. The quantitative estimate of drug-likeness (QED) is 0.200. The summed E-state index contributed by atoms with van der Waals surface area (Å²) in [7, 11) is 0. The van der Waals surface area contributed by atoms with Gasteiger partial charge in [0.25, 0.3) is 11.8 Å². The van der Waals surface area contributed by atoms with Crippen LogP contribution in [0, 0.1) is 5.82 Å². The van der Waals surface area contributed by atoms with E-state index in [0.29, 0.717) is 39.1 Å². The zero-order chi connectivity index (χ0) is 26.4. The van der Waals surface area contributed by atoms with E-state index in [4.69, 9.17) is 5.73 Å². The van der Waals surface area contributed by atoms with E-state index >= 15 is 0 Å². The summed E-state index contributed by atoms with van der Waals surface area (Å²) in [5.41, 5.74) is 9.46. The van der Waals surface area contributed by atoms with E-state index in [0.717, 1.165) is 16.3 Å². The van der Waals surface area contributed by atoms with Gasteiger partial charge in [-0.05, 0) is 42.5 Å². The largest absolute Gasteiger partial charge is 0.384 e. The maximum absolute atomic E-state index is 13.8. The molecule has 9 heteroatoms. The number of aromatic amines is 1. The standard InChI is InChI=1S/C29H24FN5O3/c30-17-12-13-22-23(16-17)34-28(33-22)20-8-5-11-25-26(20)19-7-2-4-10-24(19)35(25)29(37,38)14-15-32-21-9-3-1-6-18(21)27(31)36/h1-13,16,32,37-38H,14-15H2,(H2,31,36)(H,33,34). The number of para-hydroxylation sites is 2. The van der Waals surface area contributed by atoms with Crippen molar-refractivity contribution in [3.8, 4) is 11.4 Å². The maximum Gasteiger partial charge on any atom is 0.252 e. The summed E-state index contributed by atoms with van der Waals surface area (Å²) in [6.45, 7) is 0.153. The summed E-state index contributed by atoms with van der Waals surface area (Å²) in [6.07, 6.45) is -0.0952. The molecule has 0 unspecified atom stereocenters. The van der Waals surface area contributed by atoms with Crippen LogP contribution in [0.5, 0.6) is 0 Å². The molecule has 0 atom stereocenters. The van der Waals surface area contributed by atoms with Crippen molar-refractivity contribution in [2.45, 2.75) is 12.3 Å². The molecule has 6 N–H and O–H groups in total. The normalized spacial score (nSPS) is 12.0. The van der Waals surface area contributed by atoms with Crippen molar-refractivity contribution in [1.29, 1.82) is 0 Å². The van der Waals surface area contributed by atoms with Gasteiger partial charge in [0.15, 0.2) is 0 Å². The minimum absolute atomic E-state index is 0.0952. The van der Waals surface area contributed by atoms with Crippen LogP contribution in [0.25, 0.3) is 44.2 Å². The molecular weight excluding hydrogens is 485 g/mol. The zero-order valence-electron chi connectivity index (χ0n) is 20.1. The molecule has 0 aliphatic rings. The number of nitrogens with two attached hydrogens (primary N) is 1. The number of hydrogen-bond acceptors (Lipinski definition) is 5. The number of primary amides is 1. The highest BCUT2D eigenvalue weighted by Gasteiger charge is 2.30. The highest BCUT2D eigenvalue weighted by atomic mass is 19.1. The topological polar surface area (TPSA) is 129 Å². The van der Waals surface area contributed by atoms with Crippen molar-refractivity contribution in [3.63, 3.8) is 0 Å². The Morgan fingerprint density at radius 2 is 1.76 bits per heavy atom. The Balaban J connectivity index is 1.43. The van der Waals surface area contributed by atoms with Crippen LogP contribution in [-0.4, -0.2) is 37.2 Å². The van der Waals surface area contributed by atoms with Gasteiger partial charge in [0.1, 0.15) is 11.6 Å². The van der Waals surface area contributed by atoms with Crippen molar-refractivity contribution in [2.75, 3.05) is 11.9 Å². The van der Waals surface area contributed by atoms with Gasteiger partial charge in [-0.1, -0.05) is 42.5 Å². The summed E-state index contributed by atoms with van der Waals surface area (Å²) >= 11 is 0. The number of anilines is 1. The van der Waals surface area contributed by atoms with Gasteiger partial charge >= 0.3 is 0 Å². The van der Waals surface area contributed by atoms with Gasteiger partial charge < -0.3 is 26.2 Å². The van der Waals surface area contributed by atoms with Gasteiger partial charge in [-0.15, -0.1) is 0 Å². The Morgan fingerprint density at radius 3 is 2.61 bits per heavy atom. The molecule has 0 radical (unpaired) electrons. The fourth-order valence-corrected chi connectivity index (χ4v) is 5.04. The first-order valence-corrected chi connectivity index (χ1v) is 12.1. The third kappa shape index (κ3) is 3.94. The molecule has 0 aliphatic heterocycles. The van der Waals surface area contributed by atoms with Gasteiger partial charge in [0.05, 0.1) is 27.6 Å². The molecule has 1 amide bonds. The molecule has 6 rings (SSSR count). The molecule has 190 valence electrons. The number of H-pyrrole nitrogens is 1. The monoisotopic (exact) mass is 509 g/mol. The summed E-state index contributed by atoms with van der Waals surface area (Å²) in [5.74, 6) is -2.66. The molecule has 8 nitrogen and oxygen atoms in total. The molecule has 2 aromatic heterocycles. The van der Waals surface area contributed by atoms with Crippen molar-refractivity contribution >= 4 is 44.4 Å². The second kappa shape index (κ2) is 8.98. The lowest BCUT2D eigenvalue weighted by Gasteiger charge is -2.26. The van der Waals surface area contributed by atoms with E-state index in [1.165, 1.54) is 16.7 Å². The van der Waals surface area contributed by atoms with Gasteiger partial charge in [0.2, 0.25) is 0 Å². The number of rotatable bonds is 7. The maximum atomic E-state index is 13.8. The van der Waals surface area contributed by atoms with Crippen molar-refractivity contribution < 1.29 is 19.4 Å². The molecule has 0 saturated carbocycles. The van der Waals surface area contributed by atoms with Crippen LogP contribution >= 0.6 is 0 Å². The Labute approximate surface area is 216 Å². The number of aliphatic hydroxyl groups is 2. The van der Waals surface area contributed by atoms with Crippen LogP contribution in [0.15, 0.2) is 84.9 Å². The number of hydrogen-bond donors (Lipinski definition) is 5. The first kappa shape index (κ1) is 23.7. The Bertz CT molecular complexity index is 1840. The predicted molar refractivity (Wildman–Crippen MR) is 145 cm³/mol. The van der Waals surface area contributed by atoms with Crippen LogP contribution in [-0.2, 0) is 5.91 Å². The second-order valence-electron chi connectivity index (χ2n) is 9.16. The third-order valence-corrected chi connectivity index (χ3v) is 6.72. The molecule has 0 fully saturated rings. The smallest absolute Gasteiger partial charge is 0.252 e. The SMILES string of the molecule is NC(=O)c1ccccc1NCCC(O)(O)n1c2ccccc2c2c(-c3nc4ccc(F)cc4[nH]3)cccc21. The summed E-state index contributed by atoms with van der Waals surface area (Å²) in [6, 6.07) is 24.1. The van der Waals surface area contributed by atoms with Crippen molar-refractivity contribution in [1.82, 2.24) is 14.5 Å². The number of carbonyl (C=O) groups excluding carboxylic acids is 1. The summed E-state index contributed by atoms with van der Waals surface area (Å²) in [4.78, 5) is 19.6. The van der Waals surface area contributed by atoms with Crippen LogP contribution < -0.4 is 11.1 Å². The summed E-state index contributed by atoms with van der Waals surface area (Å²) < 4.78 is 15.3. The number of aromatic nitrogens is 3. The van der Waals surface area contributed by atoms with Crippen LogP contribution in [0.3, 0.4) is 0 Å². The van der Waals surface area contributed by atoms with Crippen LogP contribution in [0.4, 0.5) is 10.1 Å². The Hall–Kier alpha value is -4.73. The number of nitrogens with zero attached hydrogens (tertiary/aromatic N) is 2. The number of halogens is 1. The molecule has 0 aliphatic carbocycles. The molecular formula is C29H24FN5O3. The first-order valence-electron chi connectivity index (χ1n) is 12.1. The van der Waals surface area contributed by atoms with Crippen LogP contribution in [0.2, 0.25) is 0 Å². The van der Waals surface area contributed by atoms with Crippen LogP contribution in [0.1, 0.15) is 16.8 Å². The fraction of sp³-hybridized carbons (Fsp3) is 0.103. The van der Waals surface area contributed by atoms with E-state index in [2.05, 4.69) is 15.3 Å². The Kier molecular flexibility index (Phi) is 5.59. The van der Waals surface area contributed by atoms with E-state index in [-0.39, 0.29) is 18.8 Å². The molecule has 4 aromatic carbocycles. The lowest BCUT2D eigenvalue weighted by molar-refractivity contribution is -0.225. The average Bonchev–Trinajstić information content (AvgIpc) is 3.48. The molecule has 6 aromatic rings. The van der Waals surface area contributed by atoms with Gasteiger partial charge in [0, 0.05) is 35.0 Å². The Morgan fingerprint density at radius 1 is 1.00 bits per heavy atom. The number of fused-ring (bicyclic) bond motifs is 4. The minimum atomic E-state index is -2.27. The number of carbonyl (C=O) groups is 1. The minimum Gasteiger partial charge on any atom is -0.384 e. The highest BCUT2D eigenvalue weighted by molar-refractivity contribution is 6.14. The van der Waals surface area contributed by atoms with E-state index in [9.17, 15) is 19.4 Å². The van der Waals surface area contributed by atoms with Gasteiger partial charge in [-0.25, -0.2) is 9.37 Å². The number of imidazole rings is 1. The number of amides is 1. The lowest BCUT2D eigenvalue weighted by atomic mass is 10.1. The van der Waals surface area contributed by atoms with E-state index in [1.807, 2.05) is 42.5 Å². The van der Waals surface area contributed by atoms with Crippen molar-refractivity contribution in [3.05, 3.63) is 96.3 Å². The molecule has 2 heterocycles. The van der Waals surface area contributed by atoms with E-state index < -0.39 is 11.8 Å². The number of nitrogens with one attached hydrogen (secondary N) is 2. The van der Waals surface area contributed by atoms with E-state index in [1.54, 1.807) is 30.3 Å².